The van der Waals surface area contributed by atoms with Gasteiger partial charge in [0.05, 0.1) is 6.54 Å². The maximum atomic E-state index is 13.1. The third-order valence-electron chi connectivity index (χ3n) is 7.07. The van der Waals surface area contributed by atoms with Gasteiger partial charge in [-0.15, -0.1) is 0 Å². The van der Waals surface area contributed by atoms with Crippen LogP contribution in [0.4, 0.5) is 0 Å². The van der Waals surface area contributed by atoms with Gasteiger partial charge in [-0.25, -0.2) is 0 Å². The summed E-state index contributed by atoms with van der Waals surface area (Å²) in [7, 11) is 0. The molecule has 2 N–H and O–H groups in total. The van der Waals surface area contributed by atoms with Crippen molar-refractivity contribution in [3.63, 3.8) is 0 Å². The van der Waals surface area contributed by atoms with Crippen molar-refractivity contribution in [2.45, 2.75) is 43.2 Å². The van der Waals surface area contributed by atoms with Gasteiger partial charge in [0.25, 0.3) is 5.91 Å². The Kier molecular flexibility index (Phi) is 5.89. The van der Waals surface area contributed by atoms with Crippen molar-refractivity contribution in [2.24, 2.45) is 0 Å². The van der Waals surface area contributed by atoms with Crippen LogP contribution in [0, 0.1) is 0 Å². The monoisotopic (exact) mass is 447 g/mol. The number of nitrogens with zero attached hydrogens (tertiary/aromatic N) is 1. The van der Waals surface area contributed by atoms with Gasteiger partial charge in [0.1, 0.15) is 6.04 Å². The highest BCUT2D eigenvalue weighted by molar-refractivity contribution is 6.05. The summed E-state index contributed by atoms with van der Waals surface area (Å²) in [6, 6.07) is 16.9. The maximum Gasteiger partial charge on any atom is 0.255 e. The van der Waals surface area contributed by atoms with Crippen LogP contribution in [0.25, 0.3) is 0 Å². The zero-order valence-corrected chi connectivity index (χ0v) is 18.6. The molecular weight excluding hydrogens is 418 g/mol. The van der Waals surface area contributed by atoms with E-state index in [1.165, 1.54) is 5.56 Å². The van der Waals surface area contributed by atoms with E-state index in [1.807, 2.05) is 36.4 Å². The molecule has 2 heterocycles. The summed E-state index contributed by atoms with van der Waals surface area (Å²) in [6.45, 7) is 1.70. The Morgan fingerprint density at radius 1 is 0.970 bits per heavy atom. The molecule has 3 aliphatic rings. The number of carbonyl (C=O) groups excluding carboxylic acids is 3. The number of ether oxygens (including phenoxy) is 1. The summed E-state index contributed by atoms with van der Waals surface area (Å²) in [6.07, 6.45) is 3.49. The van der Waals surface area contributed by atoms with E-state index in [1.54, 1.807) is 11.0 Å². The van der Waals surface area contributed by atoms with Crippen molar-refractivity contribution in [3.8, 4) is 0 Å². The van der Waals surface area contributed by atoms with Gasteiger partial charge < -0.3 is 20.3 Å². The van der Waals surface area contributed by atoms with Gasteiger partial charge in [0.15, 0.2) is 0 Å². The quantitative estimate of drug-likeness (QED) is 0.682. The topological polar surface area (TPSA) is 87.7 Å². The van der Waals surface area contributed by atoms with E-state index in [-0.39, 0.29) is 35.7 Å². The molecule has 2 aromatic rings. The summed E-state index contributed by atoms with van der Waals surface area (Å²) in [4.78, 5) is 40.3. The number of carbonyl (C=O) groups is 3. The third-order valence-corrected chi connectivity index (χ3v) is 7.07. The second-order valence-corrected chi connectivity index (χ2v) is 9.19. The van der Waals surface area contributed by atoms with Gasteiger partial charge in [-0.2, -0.15) is 0 Å². The van der Waals surface area contributed by atoms with Crippen molar-refractivity contribution in [1.29, 1.82) is 0 Å². The minimum absolute atomic E-state index is 0.0954. The van der Waals surface area contributed by atoms with Crippen LogP contribution in [0.5, 0.6) is 0 Å². The molecule has 2 fully saturated rings. The second kappa shape index (κ2) is 8.98. The molecule has 0 bridgehead atoms. The average molecular weight is 448 g/mol. The fourth-order valence-corrected chi connectivity index (χ4v) is 5.05. The van der Waals surface area contributed by atoms with Crippen LogP contribution in [0.15, 0.2) is 54.6 Å². The fraction of sp³-hybridized carbons (Fsp3) is 0.423. The Labute approximate surface area is 193 Å². The Bertz CT molecular complexity index is 1040. The minimum Gasteiger partial charge on any atom is -0.381 e. The van der Waals surface area contributed by atoms with Crippen LogP contribution in [-0.4, -0.2) is 55.0 Å². The molecule has 2 aliphatic heterocycles. The van der Waals surface area contributed by atoms with E-state index in [2.05, 4.69) is 22.8 Å². The summed E-state index contributed by atoms with van der Waals surface area (Å²) >= 11 is 0. The van der Waals surface area contributed by atoms with Crippen LogP contribution in [-0.2, 0) is 19.7 Å². The molecule has 1 unspecified atom stereocenters. The molecule has 0 aromatic heterocycles. The number of hydrogen-bond donors (Lipinski definition) is 2. The first-order valence-corrected chi connectivity index (χ1v) is 11.7. The SMILES string of the molecule is O=C(CNC(=O)C1c2ccccc2C(=O)N1C1CC1)NCC1(c2ccccc2)CCOCC1. The molecule has 0 spiro atoms. The molecule has 33 heavy (non-hydrogen) atoms. The molecule has 7 nitrogen and oxygen atoms in total. The first-order valence-electron chi connectivity index (χ1n) is 11.7. The van der Waals surface area contributed by atoms with E-state index < -0.39 is 6.04 Å². The highest BCUT2D eigenvalue weighted by atomic mass is 16.5. The Morgan fingerprint density at radius 3 is 2.39 bits per heavy atom. The molecule has 7 heteroatoms. The molecule has 1 aliphatic carbocycles. The second-order valence-electron chi connectivity index (χ2n) is 9.19. The number of benzene rings is 2. The lowest BCUT2D eigenvalue weighted by Gasteiger charge is -2.38. The average Bonchev–Trinajstić information content (AvgIpc) is 3.66. The summed E-state index contributed by atoms with van der Waals surface area (Å²) in [5.74, 6) is -0.637. The lowest BCUT2D eigenvalue weighted by Crippen LogP contribution is -2.48. The lowest BCUT2D eigenvalue weighted by atomic mass is 9.74. The third kappa shape index (κ3) is 4.25. The van der Waals surface area contributed by atoms with Crippen LogP contribution >= 0.6 is 0 Å². The van der Waals surface area contributed by atoms with E-state index >= 15 is 0 Å². The number of rotatable bonds is 7. The Balaban J connectivity index is 1.22. The van der Waals surface area contributed by atoms with Gasteiger partial charge in [-0.05, 0) is 42.9 Å². The van der Waals surface area contributed by atoms with Crippen molar-refractivity contribution in [3.05, 3.63) is 71.3 Å². The Hall–Kier alpha value is -3.19. The van der Waals surface area contributed by atoms with Gasteiger partial charge in [-0.3, -0.25) is 14.4 Å². The van der Waals surface area contributed by atoms with E-state index in [9.17, 15) is 14.4 Å². The van der Waals surface area contributed by atoms with Crippen molar-refractivity contribution in [1.82, 2.24) is 15.5 Å². The highest BCUT2D eigenvalue weighted by Gasteiger charge is 2.47. The first-order chi connectivity index (χ1) is 16.1. The fourth-order valence-electron chi connectivity index (χ4n) is 5.05. The zero-order valence-electron chi connectivity index (χ0n) is 18.6. The number of hydrogen-bond acceptors (Lipinski definition) is 4. The smallest absolute Gasteiger partial charge is 0.255 e. The van der Waals surface area contributed by atoms with Gasteiger partial charge in [0.2, 0.25) is 11.8 Å². The maximum absolute atomic E-state index is 13.1. The molecule has 1 saturated carbocycles. The Morgan fingerprint density at radius 2 is 1.67 bits per heavy atom. The van der Waals surface area contributed by atoms with Crippen LogP contribution < -0.4 is 10.6 Å². The normalized spacial score (nSPS) is 21.4. The zero-order chi connectivity index (χ0) is 22.8. The number of amides is 3. The number of fused-ring (bicyclic) bond motifs is 1. The van der Waals surface area contributed by atoms with Gasteiger partial charge in [0, 0.05) is 36.8 Å². The van der Waals surface area contributed by atoms with E-state index in [4.69, 9.17) is 4.74 Å². The van der Waals surface area contributed by atoms with Crippen LogP contribution in [0.1, 0.15) is 53.2 Å². The predicted molar refractivity (Wildman–Crippen MR) is 123 cm³/mol. The summed E-state index contributed by atoms with van der Waals surface area (Å²) in [5.41, 5.74) is 2.33. The minimum atomic E-state index is -0.667. The van der Waals surface area contributed by atoms with Gasteiger partial charge >= 0.3 is 0 Å². The molecule has 1 atom stereocenters. The van der Waals surface area contributed by atoms with Crippen molar-refractivity contribution < 1.29 is 19.1 Å². The molecule has 1 saturated heterocycles. The van der Waals surface area contributed by atoms with Crippen molar-refractivity contribution >= 4 is 17.7 Å². The molecule has 5 rings (SSSR count). The largest absolute Gasteiger partial charge is 0.381 e. The lowest BCUT2D eigenvalue weighted by molar-refractivity contribution is -0.129. The molecule has 172 valence electrons. The molecule has 2 aromatic carbocycles. The standard InChI is InChI=1S/C26H29N3O4/c30-22(28-17-26(12-14-33-15-13-26)18-6-2-1-3-7-18)16-27-24(31)23-20-8-4-5-9-21(20)25(32)29(23)19-10-11-19/h1-9,19,23H,10-17H2,(H,27,31)(H,28,30). The van der Waals surface area contributed by atoms with Crippen LogP contribution in [0.2, 0.25) is 0 Å². The van der Waals surface area contributed by atoms with E-state index in [0.717, 1.165) is 31.2 Å². The predicted octanol–water partition coefficient (Wildman–Crippen LogP) is 2.33. The highest BCUT2D eigenvalue weighted by Crippen LogP contribution is 2.42. The summed E-state index contributed by atoms with van der Waals surface area (Å²) < 4.78 is 5.56. The van der Waals surface area contributed by atoms with Gasteiger partial charge in [-0.1, -0.05) is 48.5 Å². The number of nitrogens with one attached hydrogen (secondary N) is 2. The first kappa shape index (κ1) is 21.6. The molecule has 0 radical (unpaired) electrons. The van der Waals surface area contributed by atoms with Crippen molar-refractivity contribution in [2.75, 3.05) is 26.3 Å². The van der Waals surface area contributed by atoms with Crippen LogP contribution in [0.3, 0.4) is 0 Å². The molecular formula is C26H29N3O4. The van der Waals surface area contributed by atoms with E-state index in [0.29, 0.717) is 25.3 Å². The molecule has 3 amide bonds. The summed E-state index contributed by atoms with van der Waals surface area (Å²) in [5, 5.41) is 5.79.